The molecular weight excluding hydrogens is 309 g/mol. The third-order valence-electron chi connectivity index (χ3n) is 2.95. The van der Waals surface area contributed by atoms with E-state index in [1.807, 2.05) is 6.92 Å². The minimum atomic E-state index is -0.688. The highest BCUT2D eigenvalue weighted by Gasteiger charge is 2.18. The summed E-state index contributed by atoms with van der Waals surface area (Å²) in [5.74, 6) is -1.34. The van der Waals surface area contributed by atoms with Crippen LogP contribution < -0.4 is 10.1 Å². The number of halogens is 2. The Morgan fingerprint density at radius 2 is 1.95 bits per heavy atom. The average molecular weight is 324 g/mol. The highest BCUT2D eigenvalue weighted by Crippen LogP contribution is 2.24. The quantitative estimate of drug-likeness (QED) is 0.934. The second kappa shape index (κ2) is 6.70. The number of amides is 1. The van der Waals surface area contributed by atoms with E-state index in [0.29, 0.717) is 23.7 Å². The number of rotatable bonds is 4. The van der Waals surface area contributed by atoms with E-state index in [1.54, 1.807) is 13.8 Å². The van der Waals surface area contributed by atoms with Crippen molar-refractivity contribution in [2.75, 3.05) is 11.9 Å². The molecule has 0 aliphatic rings. The summed E-state index contributed by atoms with van der Waals surface area (Å²) < 4.78 is 19.0. The first-order valence-corrected chi connectivity index (χ1v) is 7.05. The Labute approximate surface area is 132 Å². The van der Waals surface area contributed by atoms with Crippen LogP contribution in [-0.2, 0) is 0 Å². The standard InChI is InChI=1S/C15H15ClFN3O2/c1-4-22-15-18-8(2)13(9(3)19-15)20-14(21)12-10(16)6-5-7-11(12)17/h5-7H,4H2,1-3H3,(H,20,21). The molecule has 1 amide bonds. The number of nitrogens with one attached hydrogen (secondary N) is 1. The minimum Gasteiger partial charge on any atom is -0.464 e. The highest BCUT2D eigenvalue weighted by molar-refractivity contribution is 6.34. The Hall–Kier alpha value is -2.21. The van der Waals surface area contributed by atoms with Crippen molar-refractivity contribution < 1.29 is 13.9 Å². The summed E-state index contributed by atoms with van der Waals surface area (Å²) in [7, 11) is 0. The normalized spacial score (nSPS) is 10.4. The summed E-state index contributed by atoms with van der Waals surface area (Å²) in [6.45, 7) is 5.67. The maximum absolute atomic E-state index is 13.8. The highest BCUT2D eigenvalue weighted by atomic mass is 35.5. The van der Waals surface area contributed by atoms with Crippen molar-refractivity contribution in [3.05, 3.63) is 46.0 Å². The number of hydrogen-bond acceptors (Lipinski definition) is 4. The zero-order chi connectivity index (χ0) is 16.3. The fraction of sp³-hybridized carbons (Fsp3) is 0.267. The third kappa shape index (κ3) is 3.33. The number of anilines is 1. The van der Waals surface area contributed by atoms with Crippen LogP contribution in [0.25, 0.3) is 0 Å². The molecule has 0 spiro atoms. The number of hydrogen-bond donors (Lipinski definition) is 1. The van der Waals surface area contributed by atoms with Gasteiger partial charge in [0.25, 0.3) is 5.91 Å². The largest absolute Gasteiger partial charge is 0.464 e. The molecule has 2 rings (SSSR count). The Morgan fingerprint density at radius 3 is 2.50 bits per heavy atom. The predicted molar refractivity (Wildman–Crippen MR) is 82.0 cm³/mol. The molecule has 0 unspecified atom stereocenters. The van der Waals surface area contributed by atoms with Crippen molar-refractivity contribution in [1.29, 1.82) is 0 Å². The lowest BCUT2D eigenvalue weighted by Gasteiger charge is -2.13. The molecule has 0 atom stereocenters. The number of aryl methyl sites for hydroxylation is 2. The van der Waals surface area contributed by atoms with Gasteiger partial charge in [-0.1, -0.05) is 17.7 Å². The summed E-state index contributed by atoms with van der Waals surface area (Å²) >= 11 is 5.88. The van der Waals surface area contributed by atoms with Gasteiger partial charge in [-0.05, 0) is 32.9 Å². The third-order valence-corrected chi connectivity index (χ3v) is 3.27. The molecule has 1 aromatic carbocycles. The molecule has 22 heavy (non-hydrogen) atoms. The summed E-state index contributed by atoms with van der Waals surface area (Å²) in [6, 6.07) is 4.30. The molecule has 0 aliphatic carbocycles. The van der Waals surface area contributed by atoms with Gasteiger partial charge in [0.2, 0.25) is 0 Å². The van der Waals surface area contributed by atoms with Crippen LogP contribution in [0.2, 0.25) is 5.02 Å². The number of carbonyl (C=O) groups excluding carboxylic acids is 1. The molecule has 0 saturated carbocycles. The van der Waals surface area contributed by atoms with Crippen LogP contribution in [0.3, 0.4) is 0 Å². The van der Waals surface area contributed by atoms with E-state index in [9.17, 15) is 9.18 Å². The summed E-state index contributed by atoms with van der Waals surface area (Å²) in [4.78, 5) is 20.5. The predicted octanol–water partition coefficient (Wildman–Crippen LogP) is 3.54. The van der Waals surface area contributed by atoms with Gasteiger partial charge in [-0.2, -0.15) is 9.97 Å². The van der Waals surface area contributed by atoms with Gasteiger partial charge in [-0.3, -0.25) is 4.79 Å². The van der Waals surface area contributed by atoms with E-state index in [2.05, 4.69) is 15.3 Å². The van der Waals surface area contributed by atoms with Gasteiger partial charge in [0.1, 0.15) is 5.82 Å². The molecule has 7 heteroatoms. The molecule has 1 heterocycles. The number of carbonyl (C=O) groups is 1. The number of ether oxygens (including phenoxy) is 1. The van der Waals surface area contributed by atoms with Crippen LogP contribution in [0.15, 0.2) is 18.2 Å². The van der Waals surface area contributed by atoms with Crippen LogP contribution in [0.4, 0.5) is 10.1 Å². The zero-order valence-corrected chi connectivity index (χ0v) is 13.2. The first-order valence-electron chi connectivity index (χ1n) is 6.67. The molecule has 1 aromatic heterocycles. The Bertz CT molecular complexity index is 679. The zero-order valence-electron chi connectivity index (χ0n) is 12.4. The molecule has 2 aromatic rings. The van der Waals surface area contributed by atoms with E-state index in [4.69, 9.17) is 16.3 Å². The van der Waals surface area contributed by atoms with Gasteiger partial charge < -0.3 is 10.1 Å². The fourth-order valence-electron chi connectivity index (χ4n) is 1.95. The maximum Gasteiger partial charge on any atom is 0.316 e. The monoisotopic (exact) mass is 323 g/mol. The lowest BCUT2D eigenvalue weighted by Crippen LogP contribution is -2.17. The minimum absolute atomic E-state index is 0.0414. The molecule has 0 fully saturated rings. The van der Waals surface area contributed by atoms with Crippen LogP contribution in [0.5, 0.6) is 6.01 Å². The number of nitrogens with zero attached hydrogens (tertiary/aromatic N) is 2. The van der Waals surface area contributed by atoms with Crippen LogP contribution in [0, 0.1) is 19.7 Å². The Morgan fingerprint density at radius 1 is 1.32 bits per heavy atom. The molecule has 5 nitrogen and oxygen atoms in total. The Kier molecular flexibility index (Phi) is 4.92. The molecule has 0 aliphatic heterocycles. The van der Waals surface area contributed by atoms with Gasteiger partial charge in [0, 0.05) is 0 Å². The lowest BCUT2D eigenvalue weighted by molar-refractivity contribution is 0.102. The number of aromatic nitrogens is 2. The van der Waals surface area contributed by atoms with E-state index < -0.39 is 11.7 Å². The average Bonchev–Trinajstić information content (AvgIpc) is 2.43. The fourth-order valence-corrected chi connectivity index (χ4v) is 2.20. The SMILES string of the molecule is CCOc1nc(C)c(NC(=O)c2c(F)cccc2Cl)c(C)n1. The van der Waals surface area contributed by atoms with Crippen LogP contribution in [-0.4, -0.2) is 22.5 Å². The van der Waals surface area contributed by atoms with Gasteiger partial charge in [-0.15, -0.1) is 0 Å². The Balaban J connectivity index is 2.33. The van der Waals surface area contributed by atoms with E-state index >= 15 is 0 Å². The van der Waals surface area contributed by atoms with Crippen LogP contribution >= 0.6 is 11.6 Å². The molecular formula is C15H15ClFN3O2. The molecule has 0 bridgehead atoms. The van der Waals surface area contributed by atoms with E-state index in [-0.39, 0.29) is 16.6 Å². The summed E-state index contributed by atoms with van der Waals surface area (Å²) in [5.41, 5.74) is 1.25. The van der Waals surface area contributed by atoms with Crippen LogP contribution in [0.1, 0.15) is 28.7 Å². The van der Waals surface area contributed by atoms with E-state index in [1.165, 1.54) is 18.2 Å². The van der Waals surface area contributed by atoms with Gasteiger partial charge >= 0.3 is 6.01 Å². The second-order valence-corrected chi connectivity index (χ2v) is 4.94. The number of benzene rings is 1. The second-order valence-electron chi connectivity index (χ2n) is 4.54. The summed E-state index contributed by atoms with van der Waals surface area (Å²) in [6.07, 6.45) is 0. The molecule has 116 valence electrons. The van der Waals surface area contributed by atoms with Gasteiger partial charge in [-0.25, -0.2) is 4.39 Å². The molecule has 0 saturated heterocycles. The van der Waals surface area contributed by atoms with E-state index in [0.717, 1.165) is 0 Å². The maximum atomic E-state index is 13.8. The lowest BCUT2D eigenvalue weighted by atomic mass is 10.2. The van der Waals surface area contributed by atoms with Crippen molar-refractivity contribution in [3.63, 3.8) is 0 Å². The van der Waals surface area contributed by atoms with Crippen molar-refractivity contribution in [1.82, 2.24) is 9.97 Å². The topological polar surface area (TPSA) is 64.1 Å². The first-order chi connectivity index (χ1) is 10.4. The molecule has 0 radical (unpaired) electrons. The van der Waals surface area contributed by atoms with Crippen molar-refractivity contribution in [3.8, 4) is 6.01 Å². The van der Waals surface area contributed by atoms with Gasteiger partial charge in [0.15, 0.2) is 0 Å². The van der Waals surface area contributed by atoms with Gasteiger partial charge in [0.05, 0.1) is 34.3 Å². The van der Waals surface area contributed by atoms with Crippen molar-refractivity contribution >= 4 is 23.2 Å². The molecule has 1 N–H and O–H groups in total. The smallest absolute Gasteiger partial charge is 0.316 e. The first kappa shape index (κ1) is 16.2. The summed E-state index contributed by atoms with van der Waals surface area (Å²) in [5, 5.41) is 2.64. The van der Waals surface area contributed by atoms with Crippen molar-refractivity contribution in [2.45, 2.75) is 20.8 Å². The van der Waals surface area contributed by atoms with Crippen molar-refractivity contribution in [2.24, 2.45) is 0 Å².